The fraction of sp³-hybridized carbons (Fsp3) is 0.278. The molecule has 2 aromatic rings. The quantitative estimate of drug-likeness (QED) is 0.854. The minimum absolute atomic E-state index is 0.0501. The maximum atomic E-state index is 12.9. The number of piperidine rings is 1. The van der Waals surface area contributed by atoms with Crippen molar-refractivity contribution in [2.45, 2.75) is 23.8 Å². The van der Waals surface area contributed by atoms with E-state index in [2.05, 4.69) is 4.72 Å². The van der Waals surface area contributed by atoms with Crippen molar-refractivity contribution in [2.75, 3.05) is 17.8 Å². The maximum absolute atomic E-state index is 12.9. The molecule has 2 aromatic carbocycles. The Morgan fingerprint density at radius 2 is 1.62 bits per heavy atom. The molecule has 26 heavy (non-hydrogen) atoms. The lowest BCUT2D eigenvalue weighted by atomic mass is 10.1. The Balaban J connectivity index is 1.69. The van der Waals surface area contributed by atoms with Gasteiger partial charge in [-0.3, -0.25) is 9.52 Å². The van der Waals surface area contributed by atoms with E-state index in [1.807, 2.05) is 0 Å². The van der Waals surface area contributed by atoms with Crippen molar-refractivity contribution in [3.63, 3.8) is 0 Å². The lowest BCUT2D eigenvalue weighted by Gasteiger charge is -2.29. The summed E-state index contributed by atoms with van der Waals surface area (Å²) in [6.45, 7) is 0.998. The van der Waals surface area contributed by atoms with Crippen molar-refractivity contribution in [1.29, 1.82) is 0 Å². The van der Waals surface area contributed by atoms with E-state index >= 15 is 0 Å². The average Bonchev–Trinajstić information content (AvgIpc) is 2.62. The Labute approximate surface area is 151 Å². The number of aliphatic hydroxyl groups is 1. The van der Waals surface area contributed by atoms with E-state index in [-0.39, 0.29) is 16.9 Å². The van der Waals surface area contributed by atoms with E-state index in [1.165, 1.54) is 24.3 Å². The van der Waals surface area contributed by atoms with Gasteiger partial charge < -0.3 is 10.0 Å². The van der Waals surface area contributed by atoms with Gasteiger partial charge in [-0.1, -0.05) is 0 Å². The molecule has 138 valence electrons. The molecule has 0 bridgehead atoms. The van der Waals surface area contributed by atoms with Crippen molar-refractivity contribution >= 4 is 21.6 Å². The second-order valence-electron chi connectivity index (χ2n) is 6.16. The van der Waals surface area contributed by atoms with Crippen LogP contribution in [0.5, 0.6) is 0 Å². The molecule has 2 N–H and O–H groups in total. The highest BCUT2D eigenvalue weighted by atomic mass is 32.2. The molecule has 8 heteroatoms. The fourth-order valence-electron chi connectivity index (χ4n) is 2.76. The van der Waals surface area contributed by atoms with E-state index in [1.54, 1.807) is 17.0 Å². The summed E-state index contributed by atoms with van der Waals surface area (Å²) < 4.78 is 39.9. The van der Waals surface area contributed by atoms with Crippen LogP contribution in [0.1, 0.15) is 23.2 Å². The maximum Gasteiger partial charge on any atom is 0.261 e. The summed E-state index contributed by atoms with van der Waals surface area (Å²) in [5, 5.41) is 9.51. The van der Waals surface area contributed by atoms with E-state index in [9.17, 15) is 22.7 Å². The van der Waals surface area contributed by atoms with Gasteiger partial charge in [0.15, 0.2) is 0 Å². The number of rotatable bonds is 4. The molecule has 0 atom stereocenters. The molecule has 0 aromatic heterocycles. The monoisotopic (exact) mass is 378 g/mol. The molecule has 1 amide bonds. The number of carbonyl (C=O) groups excluding carboxylic acids is 1. The number of sulfonamides is 1. The summed E-state index contributed by atoms with van der Waals surface area (Å²) in [5.74, 6) is -0.665. The van der Waals surface area contributed by atoms with Crippen molar-refractivity contribution in [3.8, 4) is 0 Å². The third kappa shape index (κ3) is 4.20. The third-order valence-electron chi connectivity index (χ3n) is 4.26. The van der Waals surface area contributed by atoms with Crippen LogP contribution in [0.15, 0.2) is 53.4 Å². The molecule has 1 saturated heterocycles. The SMILES string of the molecule is O=C(c1ccc(NS(=O)(=O)c2ccc(F)cc2)cc1)N1CCC(O)CC1. The van der Waals surface area contributed by atoms with Crippen LogP contribution in [-0.4, -0.2) is 43.5 Å². The van der Waals surface area contributed by atoms with Gasteiger partial charge in [0, 0.05) is 24.3 Å². The highest BCUT2D eigenvalue weighted by Gasteiger charge is 2.22. The number of benzene rings is 2. The van der Waals surface area contributed by atoms with E-state index in [0.717, 1.165) is 12.1 Å². The normalized spacial score (nSPS) is 15.7. The predicted octanol–water partition coefficient (Wildman–Crippen LogP) is 2.22. The zero-order valence-electron chi connectivity index (χ0n) is 13.9. The summed E-state index contributed by atoms with van der Waals surface area (Å²) in [6, 6.07) is 10.6. The van der Waals surface area contributed by atoms with Crippen molar-refractivity contribution in [3.05, 3.63) is 59.9 Å². The first-order valence-electron chi connectivity index (χ1n) is 8.21. The zero-order valence-corrected chi connectivity index (χ0v) is 14.7. The number of hydrogen-bond donors (Lipinski definition) is 2. The number of anilines is 1. The average molecular weight is 378 g/mol. The number of aliphatic hydroxyl groups excluding tert-OH is 1. The van der Waals surface area contributed by atoms with Gasteiger partial charge in [-0.05, 0) is 61.4 Å². The van der Waals surface area contributed by atoms with E-state index in [4.69, 9.17) is 0 Å². The fourth-order valence-corrected chi connectivity index (χ4v) is 3.82. The summed E-state index contributed by atoms with van der Waals surface area (Å²) in [6.07, 6.45) is 0.755. The summed E-state index contributed by atoms with van der Waals surface area (Å²) in [5.41, 5.74) is 0.756. The van der Waals surface area contributed by atoms with Gasteiger partial charge in [0.25, 0.3) is 15.9 Å². The smallest absolute Gasteiger partial charge is 0.261 e. The molecule has 0 spiro atoms. The molecule has 6 nitrogen and oxygen atoms in total. The summed E-state index contributed by atoms with van der Waals surface area (Å²) in [7, 11) is -3.83. The predicted molar refractivity (Wildman–Crippen MR) is 94.8 cm³/mol. The van der Waals surface area contributed by atoms with Gasteiger partial charge in [0.1, 0.15) is 5.82 Å². The van der Waals surface area contributed by atoms with Gasteiger partial charge in [-0.15, -0.1) is 0 Å². The van der Waals surface area contributed by atoms with Crippen molar-refractivity contribution in [2.24, 2.45) is 0 Å². The minimum atomic E-state index is -3.83. The third-order valence-corrected chi connectivity index (χ3v) is 5.66. The number of likely N-dealkylation sites (tertiary alicyclic amines) is 1. The highest BCUT2D eigenvalue weighted by Crippen LogP contribution is 2.19. The van der Waals surface area contributed by atoms with Gasteiger partial charge in [-0.2, -0.15) is 0 Å². The Hall–Kier alpha value is -2.45. The van der Waals surface area contributed by atoms with Gasteiger partial charge in [0.2, 0.25) is 0 Å². The van der Waals surface area contributed by atoms with Gasteiger partial charge in [-0.25, -0.2) is 12.8 Å². The number of nitrogens with one attached hydrogen (secondary N) is 1. The van der Waals surface area contributed by atoms with Crippen LogP contribution in [0.2, 0.25) is 0 Å². The molecule has 1 fully saturated rings. The Morgan fingerprint density at radius 1 is 1.04 bits per heavy atom. The molecule has 0 saturated carbocycles. The van der Waals surface area contributed by atoms with Gasteiger partial charge >= 0.3 is 0 Å². The number of nitrogens with zero attached hydrogens (tertiary/aromatic N) is 1. The summed E-state index contributed by atoms with van der Waals surface area (Å²) >= 11 is 0. The Kier molecular flexibility index (Phi) is 5.24. The molecular formula is C18H19FN2O4S. The van der Waals surface area contributed by atoms with Crippen LogP contribution in [0, 0.1) is 5.82 Å². The summed E-state index contributed by atoms with van der Waals surface area (Å²) in [4.78, 5) is 14.0. The first-order chi connectivity index (χ1) is 12.3. The lowest BCUT2D eigenvalue weighted by molar-refractivity contribution is 0.0546. The first kappa shape index (κ1) is 18.3. The molecule has 1 heterocycles. The van der Waals surface area contributed by atoms with E-state index < -0.39 is 15.8 Å². The Bertz CT molecular complexity index is 874. The molecule has 0 aliphatic carbocycles. The molecule has 0 radical (unpaired) electrons. The minimum Gasteiger partial charge on any atom is -0.393 e. The molecule has 1 aliphatic heterocycles. The second-order valence-corrected chi connectivity index (χ2v) is 7.84. The molecule has 3 rings (SSSR count). The zero-order chi connectivity index (χ0) is 18.7. The first-order valence-corrected chi connectivity index (χ1v) is 9.69. The Morgan fingerprint density at radius 3 is 2.19 bits per heavy atom. The lowest BCUT2D eigenvalue weighted by Crippen LogP contribution is -2.40. The number of hydrogen-bond acceptors (Lipinski definition) is 4. The molecular weight excluding hydrogens is 359 g/mol. The van der Waals surface area contributed by atoms with Crippen molar-refractivity contribution < 1.29 is 22.7 Å². The standard InChI is InChI=1S/C18H19FN2O4S/c19-14-3-7-17(8-4-14)26(24,25)20-15-5-1-13(2-6-15)18(23)21-11-9-16(22)10-12-21/h1-8,16,20,22H,9-12H2. The van der Waals surface area contributed by atoms with E-state index in [0.29, 0.717) is 37.2 Å². The topological polar surface area (TPSA) is 86.7 Å². The van der Waals surface area contributed by atoms with Crippen LogP contribution in [-0.2, 0) is 10.0 Å². The van der Waals surface area contributed by atoms with Crippen LogP contribution in [0.4, 0.5) is 10.1 Å². The number of amides is 1. The van der Waals surface area contributed by atoms with Crippen LogP contribution >= 0.6 is 0 Å². The highest BCUT2D eigenvalue weighted by molar-refractivity contribution is 7.92. The molecule has 0 unspecified atom stereocenters. The van der Waals surface area contributed by atoms with Crippen molar-refractivity contribution in [1.82, 2.24) is 4.90 Å². The molecule has 1 aliphatic rings. The second kappa shape index (κ2) is 7.43. The van der Waals surface area contributed by atoms with Gasteiger partial charge in [0.05, 0.1) is 11.0 Å². The number of halogens is 1. The van der Waals surface area contributed by atoms with Crippen LogP contribution in [0.3, 0.4) is 0 Å². The van der Waals surface area contributed by atoms with Crippen LogP contribution in [0.25, 0.3) is 0 Å². The van der Waals surface area contributed by atoms with Crippen LogP contribution < -0.4 is 4.72 Å². The largest absolute Gasteiger partial charge is 0.393 e. The number of carbonyl (C=O) groups is 1.